The van der Waals surface area contributed by atoms with Crippen molar-refractivity contribution in [1.82, 2.24) is 0 Å². The Bertz CT molecular complexity index is 480. The average Bonchev–Trinajstić information content (AvgIpc) is 2.69. The highest BCUT2D eigenvalue weighted by molar-refractivity contribution is 6.73. The number of carbonyl (C=O) groups is 1. The van der Waals surface area contributed by atoms with Crippen LogP contribution in [0.1, 0.15) is 52.0 Å². The van der Waals surface area contributed by atoms with Crippen molar-refractivity contribution < 1.29 is 18.7 Å². The lowest BCUT2D eigenvalue weighted by molar-refractivity contribution is -0.140. The molecular formula is C21H36O4Si. The van der Waals surface area contributed by atoms with Gasteiger partial charge in [0.1, 0.15) is 0 Å². The van der Waals surface area contributed by atoms with Gasteiger partial charge < -0.3 is 13.9 Å². The molecule has 1 aromatic rings. The average molecular weight is 381 g/mol. The number of methoxy groups -OCH3 is 1. The fraction of sp³-hybridized carbons (Fsp3) is 0.667. The quantitative estimate of drug-likeness (QED) is 0.249. The van der Waals surface area contributed by atoms with Crippen LogP contribution in [0.3, 0.4) is 0 Å². The third kappa shape index (κ3) is 8.47. The summed E-state index contributed by atoms with van der Waals surface area (Å²) in [6.45, 7) is 8.05. The van der Waals surface area contributed by atoms with Crippen molar-refractivity contribution in [2.45, 2.75) is 77.3 Å². The molecule has 0 saturated heterocycles. The Hall–Kier alpha value is -1.17. The van der Waals surface area contributed by atoms with E-state index in [-0.39, 0.29) is 12.1 Å². The smallest absolute Gasteiger partial charge is 0.305 e. The largest absolute Gasteiger partial charge is 0.469 e. The first kappa shape index (κ1) is 22.9. The summed E-state index contributed by atoms with van der Waals surface area (Å²) in [5.41, 5.74) is 1.19. The molecule has 0 radical (unpaired) electrons. The summed E-state index contributed by atoms with van der Waals surface area (Å²) in [5.74, 6) is -0.144. The molecule has 1 unspecified atom stereocenters. The second kappa shape index (κ2) is 13.1. The predicted octanol–water partition coefficient (Wildman–Crippen LogP) is 5.33. The predicted molar refractivity (Wildman–Crippen MR) is 109 cm³/mol. The molecule has 1 atom stereocenters. The van der Waals surface area contributed by atoms with Crippen molar-refractivity contribution in [3.05, 3.63) is 35.9 Å². The monoisotopic (exact) mass is 380 g/mol. The van der Waals surface area contributed by atoms with Gasteiger partial charge in [-0.05, 0) is 43.0 Å². The first-order valence-corrected chi connectivity index (χ1v) is 12.5. The van der Waals surface area contributed by atoms with Crippen LogP contribution in [0, 0.1) is 0 Å². The van der Waals surface area contributed by atoms with Gasteiger partial charge in [0, 0.05) is 19.1 Å². The van der Waals surface area contributed by atoms with E-state index in [1.807, 2.05) is 18.2 Å². The highest BCUT2D eigenvalue weighted by atomic mass is 28.4. The van der Waals surface area contributed by atoms with Crippen LogP contribution < -0.4 is 0 Å². The summed E-state index contributed by atoms with van der Waals surface area (Å²) in [5, 5.41) is 0. The number of benzene rings is 1. The fourth-order valence-corrected chi connectivity index (χ4v) is 6.11. The first-order valence-electron chi connectivity index (χ1n) is 9.95. The molecule has 0 aliphatic heterocycles. The van der Waals surface area contributed by atoms with E-state index in [0.717, 1.165) is 37.4 Å². The molecule has 1 rings (SSSR count). The van der Waals surface area contributed by atoms with E-state index in [2.05, 4.69) is 32.9 Å². The number of carbonyl (C=O) groups excluding carboxylic acids is 1. The summed E-state index contributed by atoms with van der Waals surface area (Å²) in [7, 11) is -0.220. The van der Waals surface area contributed by atoms with Gasteiger partial charge >= 0.3 is 5.97 Å². The summed E-state index contributed by atoms with van der Waals surface area (Å²) in [6, 6.07) is 13.6. The molecule has 0 heterocycles. The van der Waals surface area contributed by atoms with Crippen LogP contribution in [0.4, 0.5) is 0 Å². The van der Waals surface area contributed by atoms with E-state index < -0.39 is 8.32 Å². The Balaban J connectivity index is 2.51. The molecule has 26 heavy (non-hydrogen) atoms. The van der Waals surface area contributed by atoms with Gasteiger partial charge in [0.25, 0.3) is 0 Å². The normalized spacial score (nSPS) is 12.8. The molecule has 0 aliphatic rings. The van der Waals surface area contributed by atoms with E-state index in [4.69, 9.17) is 13.9 Å². The molecule has 0 spiro atoms. The van der Waals surface area contributed by atoms with Crippen molar-refractivity contribution in [2.24, 2.45) is 0 Å². The van der Waals surface area contributed by atoms with Gasteiger partial charge in [-0.3, -0.25) is 4.79 Å². The summed E-state index contributed by atoms with van der Waals surface area (Å²) in [4.78, 5) is 11.4. The maximum atomic E-state index is 11.4. The van der Waals surface area contributed by atoms with E-state index in [9.17, 15) is 4.79 Å². The van der Waals surface area contributed by atoms with Crippen LogP contribution in [-0.4, -0.2) is 34.1 Å². The van der Waals surface area contributed by atoms with Crippen molar-refractivity contribution in [1.29, 1.82) is 0 Å². The molecule has 0 aromatic heterocycles. The van der Waals surface area contributed by atoms with Gasteiger partial charge in [-0.25, -0.2) is 0 Å². The SMILES string of the molecule is CC[Si](CC)(CC)OC(CCCC(=O)OC)CCOCc1ccccc1. The Kier molecular flexibility index (Phi) is 11.5. The van der Waals surface area contributed by atoms with E-state index in [0.29, 0.717) is 19.6 Å². The number of hydrogen-bond acceptors (Lipinski definition) is 4. The Labute approximate surface area is 160 Å². The Morgan fingerprint density at radius 3 is 2.27 bits per heavy atom. The van der Waals surface area contributed by atoms with Gasteiger partial charge in [-0.15, -0.1) is 0 Å². The first-order chi connectivity index (χ1) is 12.6. The molecule has 0 bridgehead atoms. The Morgan fingerprint density at radius 2 is 1.69 bits per heavy atom. The minimum absolute atomic E-state index is 0.144. The second-order valence-corrected chi connectivity index (χ2v) is 11.5. The lowest BCUT2D eigenvalue weighted by Gasteiger charge is -2.33. The molecule has 148 valence electrons. The molecule has 1 aromatic carbocycles. The van der Waals surface area contributed by atoms with Crippen molar-refractivity contribution >= 4 is 14.3 Å². The number of hydrogen-bond donors (Lipinski definition) is 0. The molecule has 0 saturated carbocycles. The van der Waals surface area contributed by atoms with Crippen LogP contribution >= 0.6 is 0 Å². The number of rotatable bonds is 14. The van der Waals surface area contributed by atoms with Crippen LogP contribution in [0.25, 0.3) is 0 Å². The fourth-order valence-electron chi connectivity index (χ4n) is 3.17. The zero-order valence-electron chi connectivity index (χ0n) is 17.0. The molecule has 0 aliphatic carbocycles. The molecule has 4 nitrogen and oxygen atoms in total. The minimum atomic E-state index is -1.66. The van der Waals surface area contributed by atoms with Crippen LogP contribution in [-0.2, 0) is 25.3 Å². The van der Waals surface area contributed by atoms with E-state index in [1.54, 1.807) is 0 Å². The maximum absolute atomic E-state index is 11.4. The van der Waals surface area contributed by atoms with Gasteiger partial charge in [0.05, 0.1) is 13.7 Å². The summed E-state index contributed by atoms with van der Waals surface area (Å²) < 4.78 is 17.3. The lowest BCUT2D eigenvalue weighted by atomic mass is 10.1. The van der Waals surface area contributed by atoms with Gasteiger partial charge in [-0.1, -0.05) is 51.1 Å². The molecular weight excluding hydrogens is 344 g/mol. The summed E-state index contributed by atoms with van der Waals surface area (Å²) in [6.07, 6.45) is 3.20. The number of esters is 1. The highest BCUT2D eigenvalue weighted by Gasteiger charge is 2.31. The molecule has 0 amide bonds. The van der Waals surface area contributed by atoms with Gasteiger partial charge in [-0.2, -0.15) is 0 Å². The molecule has 0 fully saturated rings. The standard InChI is InChI=1S/C21H36O4Si/c1-5-26(6-2,7-3)25-20(14-11-15-21(22)23-4)16-17-24-18-19-12-9-8-10-13-19/h8-10,12-13,20H,5-7,11,14-18H2,1-4H3. The highest BCUT2D eigenvalue weighted by Crippen LogP contribution is 2.26. The van der Waals surface area contributed by atoms with Crippen molar-refractivity contribution in [2.75, 3.05) is 13.7 Å². The van der Waals surface area contributed by atoms with Gasteiger partial charge in [0.15, 0.2) is 8.32 Å². The van der Waals surface area contributed by atoms with Crippen LogP contribution in [0.5, 0.6) is 0 Å². The van der Waals surface area contributed by atoms with E-state index in [1.165, 1.54) is 12.7 Å². The Morgan fingerprint density at radius 1 is 1.04 bits per heavy atom. The zero-order valence-corrected chi connectivity index (χ0v) is 18.0. The van der Waals surface area contributed by atoms with Gasteiger partial charge in [0.2, 0.25) is 0 Å². The second-order valence-electron chi connectivity index (χ2n) is 6.78. The summed E-state index contributed by atoms with van der Waals surface area (Å²) >= 11 is 0. The molecule has 5 heteroatoms. The molecule has 0 N–H and O–H groups in total. The minimum Gasteiger partial charge on any atom is -0.469 e. The van der Waals surface area contributed by atoms with Crippen molar-refractivity contribution in [3.8, 4) is 0 Å². The third-order valence-electron chi connectivity index (χ3n) is 5.18. The lowest BCUT2D eigenvalue weighted by Crippen LogP contribution is -2.40. The van der Waals surface area contributed by atoms with Crippen LogP contribution in [0.15, 0.2) is 30.3 Å². The van der Waals surface area contributed by atoms with E-state index >= 15 is 0 Å². The van der Waals surface area contributed by atoms with Crippen LogP contribution in [0.2, 0.25) is 18.1 Å². The third-order valence-corrected chi connectivity index (χ3v) is 9.88. The zero-order chi connectivity index (χ0) is 19.3. The number of ether oxygens (including phenoxy) is 2. The topological polar surface area (TPSA) is 44.8 Å². The van der Waals surface area contributed by atoms with Crippen molar-refractivity contribution in [3.63, 3.8) is 0 Å². The maximum Gasteiger partial charge on any atom is 0.305 e.